The van der Waals surface area contributed by atoms with Gasteiger partial charge in [0.05, 0.1) is 11.6 Å². The molecule has 0 aromatic carbocycles. The minimum atomic E-state index is -4.57. The quantitative estimate of drug-likeness (QED) is 0.629. The lowest BCUT2D eigenvalue weighted by Gasteiger charge is -2.63. The van der Waals surface area contributed by atoms with Crippen LogP contribution in [0.3, 0.4) is 0 Å². The second-order valence-electron chi connectivity index (χ2n) is 12.5. The van der Waals surface area contributed by atoms with E-state index in [2.05, 4.69) is 20.2 Å². The Morgan fingerprint density at radius 3 is 2.34 bits per heavy atom. The summed E-state index contributed by atoms with van der Waals surface area (Å²) in [4.78, 5) is 24.8. The van der Waals surface area contributed by atoms with E-state index in [9.17, 15) is 28.3 Å². The molecule has 5 aliphatic rings. The molecule has 2 spiro atoms. The van der Waals surface area contributed by atoms with Crippen LogP contribution >= 0.6 is 0 Å². The topological polar surface area (TPSA) is 122 Å². The number of nitrogens with one attached hydrogen (secondary N) is 1. The van der Waals surface area contributed by atoms with Crippen molar-refractivity contribution in [2.24, 2.45) is 16.7 Å². The molecule has 3 saturated carbocycles. The van der Waals surface area contributed by atoms with E-state index < -0.39 is 17.5 Å². The first-order chi connectivity index (χ1) is 18.0. The number of H-pyrrole nitrogens is 1. The highest BCUT2D eigenvalue weighted by atomic mass is 19.4. The van der Waals surface area contributed by atoms with Crippen molar-refractivity contribution in [2.45, 2.75) is 62.6 Å². The predicted molar refractivity (Wildman–Crippen MR) is 125 cm³/mol. The zero-order chi connectivity index (χ0) is 26.5. The van der Waals surface area contributed by atoms with Crippen molar-refractivity contribution in [3.8, 4) is 6.07 Å². The second-order valence-corrected chi connectivity index (χ2v) is 12.5. The molecule has 2 saturated heterocycles. The number of alkyl halides is 3. The molecule has 12 heteroatoms. The normalized spacial score (nSPS) is 24.8. The molecule has 2 N–H and O–H groups in total. The Labute approximate surface area is 217 Å². The highest BCUT2D eigenvalue weighted by Crippen LogP contribution is 2.57. The van der Waals surface area contributed by atoms with Gasteiger partial charge in [-0.25, -0.2) is 9.78 Å². The first-order valence-corrected chi connectivity index (χ1v) is 13.1. The van der Waals surface area contributed by atoms with Crippen LogP contribution in [0.25, 0.3) is 0 Å². The van der Waals surface area contributed by atoms with Gasteiger partial charge in [0.15, 0.2) is 5.82 Å². The lowest BCUT2D eigenvalue weighted by molar-refractivity contribution is -0.141. The molecule has 0 unspecified atom stereocenters. The van der Waals surface area contributed by atoms with E-state index in [4.69, 9.17) is 0 Å². The van der Waals surface area contributed by atoms with Gasteiger partial charge in [0.1, 0.15) is 17.1 Å². The minimum absolute atomic E-state index is 0.0348. The SMILES string of the molecule is N#Cc1cc(C(F)(F)F)ncc1CC1CC2(C1)CN(C(=O)N1CC3(CC(c4nc(C5(O)CC5)n[nH]4)C3)C1)C2. The number of nitrogens with zero attached hydrogens (tertiary/aromatic N) is 6. The third kappa shape index (κ3) is 3.77. The molecule has 0 atom stereocenters. The Morgan fingerprint density at radius 1 is 1.13 bits per heavy atom. The first kappa shape index (κ1) is 23.9. The van der Waals surface area contributed by atoms with Crippen LogP contribution in [-0.4, -0.2) is 67.3 Å². The number of hydrogen-bond acceptors (Lipinski definition) is 6. The van der Waals surface area contributed by atoms with Gasteiger partial charge >= 0.3 is 12.2 Å². The molecule has 7 rings (SSSR count). The summed E-state index contributed by atoms with van der Waals surface area (Å²) >= 11 is 0. The number of aliphatic hydroxyl groups is 1. The Kier molecular flexibility index (Phi) is 4.83. The van der Waals surface area contributed by atoms with E-state index in [1.807, 2.05) is 15.9 Å². The summed E-state index contributed by atoms with van der Waals surface area (Å²) in [6.07, 6.45) is 2.34. The van der Waals surface area contributed by atoms with Crippen molar-refractivity contribution >= 4 is 6.03 Å². The van der Waals surface area contributed by atoms with Gasteiger partial charge in [-0.1, -0.05) is 0 Å². The van der Waals surface area contributed by atoms with Gasteiger partial charge in [-0.2, -0.15) is 23.5 Å². The first-order valence-electron chi connectivity index (χ1n) is 13.1. The Morgan fingerprint density at radius 2 is 1.76 bits per heavy atom. The van der Waals surface area contributed by atoms with Gasteiger partial charge in [-0.3, -0.25) is 10.1 Å². The largest absolute Gasteiger partial charge is 0.433 e. The van der Waals surface area contributed by atoms with Gasteiger partial charge in [-0.05, 0) is 62.5 Å². The van der Waals surface area contributed by atoms with E-state index in [1.165, 1.54) is 6.20 Å². The number of pyridine rings is 1. The molecule has 38 heavy (non-hydrogen) atoms. The number of urea groups is 1. The highest BCUT2D eigenvalue weighted by Gasteiger charge is 2.59. The summed E-state index contributed by atoms with van der Waals surface area (Å²) in [6, 6.07) is 2.80. The van der Waals surface area contributed by atoms with Crippen LogP contribution in [0.5, 0.6) is 0 Å². The predicted octanol–water partition coefficient (Wildman–Crippen LogP) is 3.33. The number of carbonyl (C=O) groups is 1. The van der Waals surface area contributed by atoms with E-state index in [1.54, 1.807) is 0 Å². The molecule has 0 radical (unpaired) electrons. The van der Waals surface area contributed by atoms with Crippen LogP contribution in [0.15, 0.2) is 12.3 Å². The van der Waals surface area contributed by atoms with Crippen LogP contribution in [0.4, 0.5) is 18.0 Å². The van der Waals surface area contributed by atoms with Crippen LogP contribution in [0.1, 0.15) is 72.9 Å². The smallest absolute Gasteiger partial charge is 0.382 e. The maximum Gasteiger partial charge on any atom is 0.433 e. The number of rotatable bonds is 4. The number of amides is 2. The molecule has 5 fully saturated rings. The van der Waals surface area contributed by atoms with Gasteiger partial charge in [0, 0.05) is 49.1 Å². The van der Waals surface area contributed by atoms with Gasteiger partial charge in [0.2, 0.25) is 0 Å². The summed E-state index contributed by atoms with van der Waals surface area (Å²) < 4.78 is 38.7. The van der Waals surface area contributed by atoms with E-state index >= 15 is 0 Å². The van der Waals surface area contributed by atoms with E-state index in [-0.39, 0.29) is 28.3 Å². The number of nitriles is 1. The third-order valence-corrected chi connectivity index (χ3v) is 9.38. The molecular weight excluding hydrogens is 499 g/mol. The lowest BCUT2D eigenvalue weighted by Crippen LogP contribution is -2.71. The molecule has 2 aromatic rings. The molecular formula is C26H28F3N7O2. The zero-order valence-corrected chi connectivity index (χ0v) is 20.8. The molecule has 4 heterocycles. The van der Waals surface area contributed by atoms with Crippen LogP contribution in [-0.2, 0) is 18.2 Å². The molecule has 200 valence electrons. The number of aromatic amines is 1. The molecule has 2 aliphatic heterocycles. The second kappa shape index (κ2) is 7.68. The Bertz CT molecular complexity index is 1330. The van der Waals surface area contributed by atoms with Crippen LogP contribution in [0.2, 0.25) is 0 Å². The van der Waals surface area contributed by atoms with Crippen molar-refractivity contribution in [1.29, 1.82) is 5.26 Å². The summed E-state index contributed by atoms with van der Waals surface area (Å²) in [5.41, 5.74) is -1.01. The number of likely N-dealkylation sites (tertiary alicyclic amines) is 2. The third-order valence-electron chi connectivity index (χ3n) is 9.38. The summed E-state index contributed by atoms with van der Waals surface area (Å²) in [5, 5.41) is 26.7. The number of carbonyl (C=O) groups excluding carboxylic acids is 1. The number of hydrogen-bond donors (Lipinski definition) is 2. The Balaban J connectivity index is 0.860. The molecule has 3 aliphatic carbocycles. The number of aromatic nitrogens is 4. The average Bonchev–Trinajstić information content (AvgIpc) is 3.32. The van der Waals surface area contributed by atoms with Crippen molar-refractivity contribution in [3.63, 3.8) is 0 Å². The van der Waals surface area contributed by atoms with Crippen molar-refractivity contribution in [3.05, 3.63) is 40.7 Å². The Hall–Kier alpha value is -3.20. The number of halogens is 3. The maximum atomic E-state index is 13.0. The van der Waals surface area contributed by atoms with Crippen molar-refractivity contribution in [2.75, 3.05) is 26.2 Å². The van der Waals surface area contributed by atoms with Crippen LogP contribution < -0.4 is 0 Å². The monoisotopic (exact) mass is 527 g/mol. The van der Waals surface area contributed by atoms with Crippen molar-refractivity contribution < 1.29 is 23.1 Å². The summed E-state index contributed by atoms with van der Waals surface area (Å²) in [6.45, 7) is 2.96. The van der Waals surface area contributed by atoms with Gasteiger partial charge < -0.3 is 14.9 Å². The highest BCUT2D eigenvalue weighted by molar-refractivity contribution is 5.77. The zero-order valence-electron chi connectivity index (χ0n) is 20.8. The lowest BCUT2D eigenvalue weighted by atomic mass is 9.56. The fraction of sp³-hybridized carbons (Fsp3) is 0.654. The molecule has 2 aromatic heterocycles. The molecule has 2 amide bonds. The van der Waals surface area contributed by atoms with Gasteiger partial charge in [-0.15, -0.1) is 0 Å². The van der Waals surface area contributed by atoms with Crippen LogP contribution in [0, 0.1) is 28.1 Å². The fourth-order valence-electron chi connectivity index (χ4n) is 7.23. The van der Waals surface area contributed by atoms with E-state index in [0.717, 1.165) is 50.7 Å². The molecule has 9 nitrogen and oxygen atoms in total. The fourth-order valence-corrected chi connectivity index (χ4v) is 7.23. The molecule has 0 bridgehead atoms. The maximum absolute atomic E-state index is 13.0. The van der Waals surface area contributed by atoms with Gasteiger partial charge in [0.25, 0.3) is 0 Å². The minimum Gasteiger partial charge on any atom is -0.382 e. The average molecular weight is 528 g/mol. The summed E-state index contributed by atoms with van der Waals surface area (Å²) in [5.74, 6) is 1.94. The van der Waals surface area contributed by atoms with Crippen molar-refractivity contribution in [1.82, 2.24) is 30.0 Å². The summed E-state index contributed by atoms with van der Waals surface area (Å²) in [7, 11) is 0. The standard InChI is InChI=1S/C26H28F3N7O2/c27-26(28,29)19-4-16(9-30)17(10-31-19)3-15-5-23(6-15)11-35(12-23)22(37)36-13-24(14-36)7-18(8-24)20-32-21(34-33-20)25(38)1-2-25/h4,10,15,18,38H,1-3,5-8,11-14H2,(H,32,33,34). The van der Waals surface area contributed by atoms with E-state index in [0.29, 0.717) is 49.7 Å².